The molecule has 110 valence electrons. The summed E-state index contributed by atoms with van der Waals surface area (Å²) in [4.78, 5) is 14.0. The molecule has 0 radical (unpaired) electrons. The Morgan fingerprint density at radius 3 is 3.20 bits per heavy atom. The Labute approximate surface area is 118 Å². The van der Waals surface area contributed by atoms with Crippen LogP contribution in [0.25, 0.3) is 0 Å². The summed E-state index contributed by atoms with van der Waals surface area (Å²) in [7, 11) is 1.94. The fourth-order valence-corrected chi connectivity index (χ4v) is 2.12. The van der Waals surface area contributed by atoms with Crippen LogP contribution in [-0.2, 0) is 4.79 Å². The lowest BCUT2D eigenvalue weighted by molar-refractivity contribution is -0.126. The number of rotatable bonds is 5. The first-order chi connectivity index (χ1) is 9.66. The van der Waals surface area contributed by atoms with Gasteiger partial charge in [-0.05, 0) is 19.2 Å². The molecule has 1 atom stereocenters. The fourth-order valence-electron chi connectivity index (χ4n) is 2.12. The van der Waals surface area contributed by atoms with Crippen molar-refractivity contribution in [3.63, 3.8) is 0 Å². The van der Waals surface area contributed by atoms with Crippen LogP contribution in [0.5, 0.6) is 5.75 Å². The van der Waals surface area contributed by atoms with Gasteiger partial charge in [0.25, 0.3) is 0 Å². The van der Waals surface area contributed by atoms with Crippen molar-refractivity contribution in [2.45, 2.75) is 6.04 Å². The molecule has 5 nitrogen and oxygen atoms in total. The van der Waals surface area contributed by atoms with Crippen molar-refractivity contribution >= 4 is 5.91 Å². The van der Waals surface area contributed by atoms with E-state index in [1.807, 2.05) is 11.9 Å². The molecule has 1 unspecified atom stereocenters. The van der Waals surface area contributed by atoms with Gasteiger partial charge in [0.2, 0.25) is 5.91 Å². The average molecular weight is 281 g/mol. The number of piperazine rings is 1. The van der Waals surface area contributed by atoms with Gasteiger partial charge in [-0.1, -0.05) is 6.07 Å². The van der Waals surface area contributed by atoms with Crippen LogP contribution in [0.1, 0.15) is 0 Å². The molecule has 1 aromatic rings. The van der Waals surface area contributed by atoms with Crippen LogP contribution in [0.15, 0.2) is 24.3 Å². The summed E-state index contributed by atoms with van der Waals surface area (Å²) in [5, 5.41) is 6.02. The van der Waals surface area contributed by atoms with Crippen LogP contribution in [0.3, 0.4) is 0 Å². The summed E-state index contributed by atoms with van der Waals surface area (Å²) < 4.78 is 18.3. The second-order valence-electron chi connectivity index (χ2n) is 4.80. The second kappa shape index (κ2) is 7.21. The highest BCUT2D eigenvalue weighted by atomic mass is 19.1. The number of ether oxygens (including phenoxy) is 1. The zero-order chi connectivity index (χ0) is 14.4. The summed E-state index contributed by atoms with van der Waals surface area (Å²) in [5.74, 6) is 0.125. The smallest absolute Gasteiger partial charge is 0.238 e. The molecule has 2 rings (SSSR count). The van der Waals surface area contributed by atoms with Gasteiger partial charge in [0.1, 0.15) is 24.2 Å². The Morgan fingerprint density at radius 1 is 1.60 bits per heavy atom. The highest BCUT2D eigenvalue weighted by molar-refractivity contribution is 5.82. The maximum Gasteiger partial charge on any atom is 0.238 e. The quantitative estimate of drug-likeness (QED) is 0.758. The average Bonchev–Trinajstić information content (AvgIpc) is 2.44. The minimum Gasteiger partial charge on any atom is -0.492 e. The number of halogens is 1. The van der Waals surface area contributed by atoms with E-state index in [1.54, 1.807) is 12.1 Å². The maximum atomic E-state index is 12.9. The third-order valence-corrected chi connectivity index (χ3v) is 3.28. The molecule has 1 aliphatic rings. The summed E-state index contributed by atoms with van der Waals surface area (Å²) in [5.41, 5.74) is 0. The van der Waals surface area contributed by atoms with Crippen LogP contribution in [0, 0.1) is 5.82 Å². The molecule has 0 bridgehead atoms. The Hall–Kier alpha value is -1.66. The Morgan fingerprint density at radius 2 is 2.45 bits per heavy atom. The normalized spacial score (nSPS) is 19.6. The van der Waals surface area contributed by atoms with E-state index < -0.39 is 0 Å². The van der Waals surface area contributed by atoms with E-state index in [0.717, 1.165) is 13.1 Å². The molecular weight excluding hydrogens is 261 g/mol. The molecule has 1 heterocycles. The third-order valence-electron chi connectivity index (χ3n) is 3.28. The molecule has 0 saturated carbocycles. The van der Waals surface area contributed by atoms with Crippen LogP contribution >= 0.6 is 0 Å². The topological polar surface area (TPSA) is 53.6 Å². The number of carbonyl (C=O) groups excluding carboxylic acids is 1. The monoisotopic (exact) mass is 281 g/mol. The van der Waals surface area contributed by atoms with Crippen molar-refractivity contribution in [3.8, 4) is 5.75 Å². The van der Waals surface area contributed by atoms with Crippen molar-refractivity contribution in [2.75, 3.05) is 39.8 Å². The number of carbonyl (C=O) groups is 1. The number of benzene rings is 1. The van der Waals surface area contributed by atoms with Crippen molar-refractivity contribution in [1.82, 2.24) is 15.5 Å². The van der Waals surface area contributed by atoms with Crippen LogP contribution in [-0.4, -0.2) is 56.7 Å². The SMILES string of the molecule is CN1CCNCC1C(=O)NCCOc1cccc(F)c1. The van der Waals surface area contributed by atoms with Crippen molar-refractivity contribution in [1.29, 1.82) is 0 Å². The Kier molecular flexibility index (Phi) is 5.31. The van der Waals surface area contributed by atoms with Gasteiger partial charge in [0.05, 0.1) is 6.54 Å². The van der Waals surface area contributed by atoms with E-state index in [2.05, 4.69) is 10.6 Å². The molecule has 2 N–H and O–H groups in total. The zero-order valence-electron chi connectivity index (χ0n) is 11.6. The first-order valence-electron chi connectivity index (χ1n) is 6.74. The van der Waals surface area contributed by atoms with E-state index in [0.29, 0.717) is 25.4 Å². The summed E-state index contributed by atoms with van der Waals surface area (Å²) in [6.45, 7) is 3.15. The second-order valence-corrected chi connectivity index (χ2v) is 4.80. The molecule has 0 aromatic heterocycles. The summed E-state index contributed by atoms with van der Waals surface area (Å²) in [6, 6.07) is 5.81. The van der Waals surface area contributed by atoms with E-state index >= 15 is 0 Å². The number of nitrogens with one attached hydrogen (secondary N) is 2. The van der Waals surface area contributed by atoms with Gasteiger partial charge in [-0.2, -0.15) is 0 Å². The van der Waals surface area contributed by atoms with E-state index in [4.69, 9.17) is 4.74 Å². The molecule has 1 aromatic carbocycles. The predicted octanol–water partition coefficient (Wildman–Crippen LogP) is 0.224. The van der Waals surface area contributed by atoms with Crippen molar-refractivity contribution in [3.05, 3.63) is 30.1 Å². The molecule has 0 aliphatic carbocycles. The molecule has 20 heavy (non-hydrogen) atoms. The van der Waals surface area contributed by atoms with Crippen molar-refractivity contribution < 1.29 is 13.9 Å². The Balaban J connectivity index is 1.69. The molecular formula is C14H20FN3O2. The lowest BCUT2D eigenvalue weighted by Gasteiger charge is -2.31. The number of hydrogen-bond acceptors (Lipinski definition) is 4. The Bertz CT molecular complexity index is 456. The van der Waals surface area contributed by atoms with Gasteiger partial charge in [-0.25, -0.2) is 4.39 Å². The first-order valence-corrected chi connectivity index (χ1v) is 6.74. The minimum absolute atomic E-state index is 0.0115. The first kappa shape index (κ1) is 14.7. The fraction of sp³-hybridized carbons (Fsp3) is 0.500. The molecule has 0 spiro atoms. The highest BCUT2D eigenvalue weighted by Gasteiger charge is 2.25. The lowest BCUT2D eigenvalue weighted by atomic mass is 10.2. The van der Waals surface area contributed by atoms with Gasteiger partial charge in [-0.15, -0.1) is 0 Å². The van der Waals surface area contributed by atoms with E-state index in [1.165, 1.54) is 12.1 Å². The molecule has 1 aliphatic heterocycles. The van der Waals surface area contributed by atoms with Crippen LogP contribution in [0.4, 0.5) is 4.39 Å². The van der Waals surface area contributed by atoms with Crippen molar-refractivity contribution in [2.24, 2.45) is 0 Å². The van der Waals surface area contributed by atoms with Gasteiger partial charge in [-0.3, -0.25) is 9.69 Å². The predicted molar refractivity (Wildman–Crippen MR) is 74.2 cm³/mol. The number of amides is 1. The molecule has 6 heteroatoms. The highest BCUT2D eigenvalue weighted by Crippen LogP contribution is 2.11. The number of nitrogens with zero attached hydrogens (tertiary/aromatic N) is 1. The van der Waals surface area contributed by atoms with Crippen LogP contribution < -0.4 is 15.4 Å². The molecule has 1 fully saturated rings. The summed E-state index contributed by atoms with van der Waals surface area (Å²) in [6.07, 6.45) is 0. The minimum atomic E-state index is -0.332. The van der Waals surface area contributed by atoms with Gasteiger partial charge in [0.15, 0.2) is 0 Å². The van der Waals surface area contributed by atoms with Gasteiger partial charge < -0.3 is 15.4 Å². The zero-order valence-corrected chi connectivity index (χ0v) is 11.6. The van der Waals surface area contributed by atoms with E-state index in [9.17, 15) is 9.18 Å². The number of likely N-dealkylation sites (N-methyl/N-ethyl adjacent to an activating group) is 1. The van der Waals surface area contributed by atoms with Gasteiger partial charge >= 0.3 is 0 Å². The third kappa shape index (κ3) is 4.18. The van der Waals surface area contributed by atoms with Crippen LogP contribution in [0.2, 0.25) is 0 Å². The molecule has 1 amide bonds. The largest absolute Gasteiger partial charge is 0.492 e. The lowest BCUT2D eigenvalue weighted by Crippen LogP contribution is -2.56. The number of hydrogen-bond donors (Lipinski definition) is 2. The molecule has 1 saturated heterocycles. The summed E-state index contributed by atoms with van der Waals surface area (Å²) >= 11 is 0. The standard InChI is InChI=1S/C14H20FN3O2/c1-18-7-5-16-10-13(18)14(19)17-6-8-20-12-4-2-3-11(15)9-12/h2-4,9,13,16H,5-8,10H2,1H3,(H,17,19). The maximum absolute atomic E-state index is 12.9. The van der Waals surface area contributed by atoms with E-state index in [-0.39, 0.29) is 17.8 Å². The van der Waals surface area contributed by atoms with Gasteiger partial charge in [0, 0.05) is 25.7 Å².